The number of aryl methyl sites for hydroxylation is 1. The van der Waals surface area contributed by atoms with Gasteiger partial charge in [0, 0.05) is 49.0 Å². The lowest BCUT2D eigenvalue weighted by atomic mass is 9.99. The normalized spacial score (nSPS) is 17.8. The van der Waals surface area contributed by atoms with E-state index in [1.54, 1.807) is 0 Å². The Bertz CT molecular complexity index is 906. The zero-order valence-electron chi connectivity index (χ0n) is 14.9. The van der Waals surface area contributed by atoms with Crippen molar-refractivity contribution in [3.05, 3.63) is 58.4 Å². The van der Waals surface area contributed by atoms with Crippen LogP contribution in [0.4, 0.5) is 5.82 Å². The Hall–Kier alpha value is -2.11. The van der Waals surface area contributed by atoms with Gasteiger partial charge in [-0.05, 0) is 43.4 Å². The first-order chi connectivity index (χ1) is 12.6. The van der Waals surface area contributed by atoms with Gasteiger partial charge < -0.3 is 10.0 Å². The second kappa shape index (κ2) is 7.25. The minimum atomic E-state index is 0.241. The summed E-state index contributed by atoms with van der Waals surface area (Å²) in [5.41, 5.74) is 4.02. The van der Waals surface area contributed by atoms with Gasteiger partial charge in [0.25, 0.3) is 0 Å². The standard InChI is InChI=1S/C20H23ClN4O/c1-14-9-20(24-8-2-3-16(12-24)13-26)25-19(22-14)11-18(23-25)10-15-4-6-17(21)7-5-15/h4-7,9,11,16,26H,2-3,8,10,12-13H2,1H3/t16-/m0/s1. The molecule has 1 saturated heterocycles. The molecule has 26 heavy (non-hydrogen) atoms. The van der Waals surface area contributed by atoms with Crippen LogP contribution in [0.2, 0.25) is 5.02 Å². The number of halogens is 1. The highest BCUT2D eigenvalue weighted by atomic mass is 35.5. The van der Waals surface area contributed by atoms with Crippen LogP contribution in [-0.2, 0) is 6.42 Å². The van der Waals surface area contributed by atoms with Gasteiger partial charge in [0.05, 0.1) is 5.69 Å². The lowest BCUT2D eigenvalue weighted by Crippen LogP contribution is -2.38. The van der Waals surface area contributed by atoms with Crippen molar-refractivity contribution in [2.45, 2.75) is 26.2 Å². The molecule has 136 valence electrons. The molecular formula is C20H23ClN4O. The molecule has 1 fully saturated rings. The molecule has 0 unspecified atom stereocenters. The third-order valence-corrected chi connectivity index (χ3v) is 5.24. The van der Waals surface area contributed by atoms with E-state index in [0.717, 1.165) is 60.2 Å². The summed E-state index contributed by atoms with van der Waals surface area (Å²) < 4.78 is 1.94. The second-order valence-electron chi connectivity index (χ2n) is 7.10. The zero-order valence-corrected chi connectivity index (χ0v) is 15.7. The molecule has 6 heteroatoms. The minimum Gasteiger partial charge on any atom is -0.396 e. The van der Waals surface area contributed by atoms with Crippen LogP contribution in [0.25, 0.3) is 5.65 Å². The van der Waals surface area contributed by atoms with Gasteiger partial charge in [-0.3, -0.25) is 0 Å². The van der Waals surface area contributed by atoms with Crippen LogP contribution in [0.3, 0.4) is 0 Å². The Labute approximate surface area is 158 Å². The number of anilines is 1. The lowest BCUT2D eigenvalue weighted by Gasteiger charge is -2.33. The number of piperidine rings is 1. The van der Waals surface area contributed by atoms with Crippen LogP contribution in [0, 0.1) is 12.8 Å². The Balaban J connectivity index is 1.67. The summed E-state index contributed by atoms with van der Waals surface area (Å²) in [6.45, 7) is 4.11. The number of aliphatic hydroxyl groups is 1. The molecular weight excluding hydrogens is 348 g/mol. The van der Waals surface area contributed by atoms with Crippen LogP contribution >= 0.6 is 11.6 Å². The van der Waals surface area contributed by atoms with Gasteiger partial charge in [0.1, 0.15) is 5.82 Å². The molecule has 0 aliphatic carbocycles. The van der Waals surface area contributed by atoms with Gasteiger partial charge >= 0.3 is 0 Å². The van der Waals surface area contributed by atoms with E-state index in [2.05, 4.69) is 22.0 Å². The van der Waals surface area contributed by atoms with Crippen LogP contribution in [0.5, 0.6) is 0 Å². The van der Waals surface area contributed by atoms with Gasteiger partial charge in [-0.15, -0.1) is 0 Å². The zero-order chi connectivity index (χ0) is 18.1. The Kier molecular flexibility index (Phi) is 4.83. The third-order valence-electron chi connectivity index (χ3n) is 4.99. The molecule has 3 aromatic rings. The largest absolute Gasteiger partial charge is 0.396 e. The average Bonchev–Trinajstić information content (AvgIpc) is 3.05. The summed E-state index contributed by atoms with van der Waals surface area (Å²) in [6, 6.07) is 12.0. The highest BCUT2D eigenvalue weighted by molar-refractivity contribution is 6.30. The van der Waals surface area contributed by atoms with E-state index in [-0.39, 0.29) is 6.61 Å². The molecule has 0 amide bonds. The molecule has 4 rings (SSSR count). The molecule has 2 aromatic heterocycles. The molecule has 5 nitrogen and oxygen atoms in total. The van der Waals surface area contributed by atoms with E-state index < -0.39 is 0 Å². The maximum absolute atomic E-state index is 9.54. The topological polar surface area (TPSA) is 53.7 Å². The van der Waals surface area contributed by atoms with Crippen LogP contribution in [0.15, 0.2) is 36.4 Å². The molecule has 3 heterocycles. The number of aliphatic hydroxyl groups excluding tert-OH is 1. The Morgan fingerprint density at radius 2 is 2.04 bits per heavy atom. The number of rotatable bonds is 4. The molecule has 0 bridgehead atoms. The van der Waals surface area contributed by atoms with E-state index in [4.69, 9.17) is 16.7 Å². The first-order valence-corrected chi connectivity index (χ1v) is 9.47. The predicted octanol–water partition coefficient (Wildman–Crippen LogP) is 3.49. The summed E-state index contributed by atoms with van der Waals surface area (Å²) in [6.07, 6.45) is 2.92. The highest BCUT2D eigenvalue weighted by Gasteiger charge is 2.22. The van der Waals surface area contributed by atoms with Gasteiger partial charge in [0.2, 0.25) is 0 Å². The molecule has 1 aromatic carbocycles. The summed E-state index contributed by atoms with van der Waals surface area (Å²) in [5, 5.41) is 15.1. The van der Waals surface area contributed by atoms with Crippen molar-refractivity contribution in [1.82, 2.24) is 14.6 Å². The summed E-state index contributed by atoms with van der Waals surface area (Å²) in [7, 11) is 0. The second-order valence-corrected chi connectivity index (χ2v) is 7.54. The van der Waals surface area contributed by atoms with Crippen molar-refractivity contribution < 1.29 is 5.11 Å². The molecule has 1 aliphatic rings. The average molecular weight is 371 g/mol. The first kappa shape index (κ1) is 17.3. The molecule has 1 atom stereocenters. The maximum atomic E-state index is 9.54. The fraction of sp³-hybridized carbons (Fsp3) is 0.400. The fourth-order valence-corrected chi connectivity index (χ4v) is 3.80. The number of hydrogen-bond donors (Lipinski definition) is 1. The number of benzene rings is 1. The molecule has 1 N–H and O–H groups in total. The molecule has 0 saturated carbocycles. The van der Waals surface area contributed by atoms with Gasteiger partial charge in [0.15, 0.2) is 5.65 Å². The Morgan fingerprint density at radius 1 is 1.23 bits per heavy atom. The molecule has 1 aliphatic heterocycles. The smallest absolute Gasteiger partial charge is 0.157 e. The lowest BCUT2D eigenvalue weighted by molar-refractivity contribution is 0.208. The number of fused-ring (bicyclic) bond motifs is 1. The van der Waals surface area contributed by atoms with E-state index in [0.29, 0.717) is 5.92 Å². The number of aromatic nitrogens is 3. The van der Waals surface area contributed by atoms with E-state index in [1.165, 1.54) is 5.56 Å². The van der Waals surface area contributed by atoms with Gasteiger partial charge in [-0.25, -0.2) is 4.98 Å². The van der Waals surface area contributed by atoms with Crippen molar-refractivity contribution in [3.63, 3.8) is 0 Å². The van der Waals surface area contributed by atoms with Crippen LogP contribution in [-0.4, -0.2) is 39.4 Å². The van der Waals surface area contributed by atoms with E-state index in [9.17, 15) is 5.11 Å². The number of hydrogen-bond acceptors (Lipinski definition) is 4. The van der Waals surface area contributed by atoms with Crippen LogP contribution in [0.1, 0.15) is 29.8 Å². The summed E-state index contributed by atoms with van der Waals surface area (Å²) in [4.78, 5) is 6.97. The Morgan fingerprint density at radius 3 is 2.81 bits per heavy atom. The summed E-state index contributed by atoms with van der Waals surface area (Å²) in [5.74, 6) is 1.39. The maximum Gasteiger partial charge on any atom is 0.157 e. The predicted molar refractivity (Wildman–Crippen MR) is 104 cm³/mol. The van der Waals surface area contributed by atoms with Gasteiger partial charge in [-0.1, -0.05) is 23.7 Å². The molecule has 0 spiro atoms. The summed E-state index contributed by atoms with van der Waals surface area (Å²) >= 11 is 5.97. The van der Waals surface area contributed by atoms with Crippen molar-refractivity contribution in [2.75, 3.05) is 24.6 Å². The van der Waals surface area contributed by atoms with Crippen molar-refractivity contribution in [2.24, 2.45) is 5.92 Å². The quantitative estimate of drug-likeness (QED) is 0.763. The van der Waals surface area contributed by atoms with Crippen molar-refractivity contribution in [3.8, 4) is 0 Å². The molecule has 0 radical (unpaired) electrons. The van der Waals surface area contributed by atoms with Gasteiger partial charge in [-0.2, -0.15) is 9.61 Å². The highest BCUT2D eigenvalue weighted by Crippen LogP contribution is 2.25. The first-order valence-electron chi connectivity index (χ1n) is 9.09. The minimum absolute atomic E-state index is 0.241. The third kappa shape index (κ3) is 3.55. The van der Waals surface area contributed by atoms with E-state index >= 15 is 0 Å². The fourth-order valence-electron chi connectivity index (χ4n) is 3.67. The monoisotopic (exact) mass is 370 g/mol. The van der Waals surface area contributed by atoms with Crippen molar-refractivity contribution >= 4 is 23.1 Å². The van der Waals surface area contributed by atoms with Crippen molar-refractivity contribution in [1.29, 1.82) is 0 Å². The van der Waals surface area contributed by atoms with Crippen LogP contribution < -0.4 is 4.90 Å². The number of nitrogens with zero attached hydrogens (tertiary/aromatic N) is 4. The van der Waals surface area contributed by atoms with E-state index in [1.807, 2.05) is 35.7 Å². The SMILES string of the molecule is Cc1cc(N2CCC[C@H](CO)C2)n2nc(Cc3ccc(Cl)cc3)cc2n1.